The number of nitrogens with one attached hydrogen (secondary N) is 1. The molecule has 0 spiro atoms. The van der Waals surface area contributed by atoms with E-state index in [1.54, 1.807) is 20.8 Å². The number of nitriles is 1. The van der Waals surface area contributed by atoms with E-state index in [0.717, 1.165) is 15.9 Å². The third-order valence-electron chi connectivity index (χ3n) is 4.93. The van der Waals surface area contributed by atoms with Crippen LogP contribution in [-0.2, 0) is 9.53 Å². The van der Waals surface area contributed by atoms with Crippen molar-refractivity contribution in [1.29, 1.82) is 5.26 Å². The third kappa shape index (κ3) is 5.42. The van der Waals surface area contributed by atoms with Crippen LogP contribution in [0.15, 0.2) is 91.0 Å². The molecule has 0 radical (unpaired) electrons. The number of carbonyl (C=O) groups is 2. The second-order valence-corrected chi connectivity index (χ2v) is 11.8. The lowest BCUT2D eigenvalue weighted by Gasteiger charge is -2.30. The van der Waals surface area contributed by atoms with E-state index < -0.39 is 24.4 Å². The molecule has 0 atom stereocenters. The molecule has 0 saturated heterocycles. The fourth-order valence-corrected chi connectivity index (χ4v) is 7.79. The number of carbonyl (C=O) groups excluding carboxylic acids is 2. The SMILES string of the molecule is CC(C)(C)OC(=O)NCC(=O)C(C#N)=P(c1ccccc1)(c1ccccc1)c1ccccc1. The van der Waals surface area contributed by atoms with Crippen molar-refractivity contribution in [2.24, 2.45) is 0 Å². The number of ketones is 1. The van der Waals surface area contributed by atoms with E-state index in [9.17, 15) is 14.9 Å². The maximum absolute atomic E-state index is 13.5. The summed E-state index contributed by atoms with van der Waals surface area (Å²) in [6, 6.07) is 31.2. The van der Waals surface area contributed by atoms with Gasteiger partial charge in [-0.25, -0.2) is 4.79 Å². The van der Waals surface area contributed by atoms with Gasteiger partial charge in [0.15, 0.2) is 5.78 Å². The Labute approximate surface area is 195 Å². The fraction of sp³-hybridized carbons (Fsp3) is 0.185. The van der Waals surface area contributed by atoms with Gasteiger partial charge in [0.2, 0.25) is 0 Å². The van der Waals surface area contributed by atoms with Crippen molar-refractivity contribution in [3.8, 4) is 6.07 Å². The minimum Gasteiger partial charge on any atom is -0.444 e. The Balaban J connectivity index is 2.26. The monoisotopic (exact) mass is 458 g/mol. The van der Waals surface area contributed by atoms with Crippen LogP contribution in [0.4, 0.5) is 4.79 Å². The molecule has 0 unspecified atom stereocenters. The van der Waals surface area contributed by atoms with Crippen molar-refractivity contribution in [1.82, 2.24) is 5.32 Å². The molecule has 1 N–H and O–H groups in total. The number of Topliss-reactive ketones (excluding diaryl/α,β-unsaturated/α-hetero) is 1. The highest BCUT2D eigenvalue weighted by molar-refractivity contribution is 7.96. The molecule has 0 saturated carbocycles. The van der Waals surface area contributed by atoms with Gasteiger partial charge in [-0.05, 0) is 43.6 Å². The summed E-state index contributed by atoms with van der Waals surface area (Å²) in [5.41, 5.74) is -0.691. The van der Waals surface area contributed by atoms with Crippen LogP contribution in [0.5, 0.6) is 0 Å². The lowest BCUT2D eigenvalue weighted by Crippen LogP contribution is -2.39. The van der Waals surface area contributed by atoms with Gasteiger partial charge in [0, 0.05) is 0 Å². The number of hydrogen-bond acceptors (Lipinski definition) is 4. The van der Waals surface area contributed by atoms with Gasteiger partial charge in [-0.1, -0.05) is 91.0 Å². The van der Waals surface area contributed by atoms with Crippen LogP contribution in [0.1, 0.15) is 20.8 Å². The predicted molar refractivity (Wildman–Crippen MR) is 135 cm³/mol. The van der Waals surface area contributed by atoms with E-state index in [4.69, 9.17) is 4.74 Å². The lowest BCUT2D eigenvalue weighted by atomic mass is 10.2. The first-order chi connectivity index (χ1) is 15.8. The van der Waals surface area contributed by atoms with Gasteiger partial charge in [0.25, 0.3) is 0 Å². The maximum Gasteiger partial charge on any atom is 0.408 e. The highest BCUT2D eigenvalue weighted by atomic mass is 31.2. The van der Waals surface area contributed by atoms with Crippen LogP contribution < -0.4 is 21.2 Å². The fourth-order valence-electron chi connectivity index (χ4n) is 3.66. The molecule has 3 rings (SSSR count). The summed E-state index contributed by atoms with van der Waals surface area (Å²) in [5.74, 6) is -0.437. The Morgan fingerprint density at radius 1 is 0.818 bits per heavy atom. The first kappa shape index (κ1) is 24.0. The molecule has 0 aromatic heterocycles. The van der Waals surface area contributed by atoms with Gasteiger partial charge in [0.05, 0.1) is 6.54 Å². The Kier molecular flexibility index (Phi) is 7.53. The predicted octanol–water partition coefficient (Wildman–Crippen LogP) is 3.77. The zero-order valence-electron chi connectivity index (χ0n) is 19.0. The first-order valence-corrected chi connectivity index (χ1v) is 12.4. The lowest BCUT2D eigenvalue weighted by molar-refractivity contribution is -0.112. The van der Waals surface area contributed by atoms with Crippen molar-refractivity contribution in [2.45, 2.75) is 26.4 Å². The zero-order chi connectivity index (χ0) is 23.9. The number of benzene rings is 3. The summed E-state index contributed by atoms with van der Waals surface area (Å²) < 4.78 is 5.26. The first-order valence-electron chi connectivity index (χ1n) is 10.6. The van der Waals surface area contributed by atoms with Crippen molar-refractivity contribution in [3.63, 3.8) is 0 Å². The topological polar surface area (TPSA) is 79.2 Å². The molecule has 0 aliphatic heterocycles. The third-order valence-corrected chi connectivity index (χ3v) is 9.17. The molecule has 168 valence electrons. The Morgan fingerprint density at radius 2 is 1.21 bits per heavy atom. The molecule has 0 fully saturated rings. The molecule has 33 heavy (non-hydrogen) atoms. The van der Waals surface area contributed by atoms with Gasteiger partial charge in [0.1, 0.15) is 17.0 Å². The largest absolute Gasteiger partial charge is 0.444 e. The molecule has 0 aliphatic rings. The average molecular weight is 458 g/mol. The van der Waals surface area contributed by atoms with Gasteiger partial charge in [-0.2, -0.15) is 5.26 Å². The summed E-state index contributed by atoms with van der Waals surface area (Å²) in [6.07, 6.45) is -0.698. The second-order valence-electron chi connectivity index (χ2n) is 8.42. The van der Waals surface area contributed by atoms with E-state index in [1.165, 1.54) is 0 Å². The Hall–Kier alpha value is -3.61. The quantitative estimate of drug-likeness (QED) is 0.571. The highest BCUT2D eigenvalue weighted by Gasteiger charge is 2.33. The van der Waals surface area contributed by atoms with Crippen LogP contribution in [0.3, 0.4) is 0 Å². The Morgan fingerprint density at radius 3 is 1.55 bits per heavy atom. The number of ether oxygens (including phenoxy) is 1. The number of hydrogen-bond donors (Lipinski definition) is 1. The summed E-state index contributed by atoms with van der Waals surface area (Å²) in [5, 5.41) is 15.7. The standard InChI is InChI=1S/C27H27N2O3P/c1-27(2,3)32-26(31)29-20-24(30)25(19-28)33(21-13-7-4-8-14-21,22-15-9-5-10-16-22)23-17-11-6-12-18-23/h4-18H,20H2,1-3H3,(H,29,31). The van der Waals surface area contributed by atoms with Crippen molar-refractivity contribution < 1.29 is 14.3 Å². The Bertz CT molecular complexity index is 1110. The van der Waals surface area contributed by atoms with E-state index in [-0.39, 0.29) is 11.8 Å². The molecule has 3 aromatic carbocycles. The summed E-state index contributed by atoms with van der Waals surface area (Å²) in [7, 11) is 0. The van der Waals surface area contributed by atoms with Crippen molar-refractivity contribution in [2.75, 3.05) is 6.54 Å². The molecule has 3 aromatic rings. The van der Waals surface area contributed by atoms with Crippen LogP contribution in [-0.4, -0.2) is 29.3 Å². The summed E-state index contributed by atoms with van der Waals surface area (Å²) in [4.78, 5) is 25.7. The normalized spacial score (nSPS) is 11.2. The summed E-state index contributed by atoms with van der Waals surface area (Å²) in [6.45, 7) is 2.11. The zero-order valence-corrected chi connectivity index (χ0v) is 19.9. The molecule has 0 bridgehead atoms. The molecule has 6 heteroatoms. The maximum atomic E-state index is 13.5. The number of nitrogens with zero attached hydrogens (tertiary/aromatic N) is 1. The van der Waals surface area contributed by atoms with E-state index in [1.807, 2.05) is 91.0 Å². The van der Waals surface area contributed by atoms with Crippen molar-refractivity contribution >= 4 is 40.0 Å². The smallest absolute Gasteiger partial charge is 0.408 e. The van der Waals surface area contributed by atoms with Crippen LogP contribution in [0.25, 0.3) is 0 Å². The minimum absolute atomic E-state index is 0.127. The molecule has 5 nitrogen and oxygen atoms in total. The van der Waals surface area contributed by atoms with Gasteiger partial charge >= 0.3 is 6.09 Å². The molecule has 1 amide bonds. The number of rotatable bonds is 6. The molecular weight excluding hydrogens is 431 g/mol. The molecular formula is C27H27N2O3P. The molecule has 0 heterocycles. The van der Waals surface area contributed by atoms with Crippen molar-refractivity contribution in [3.05, 3.63) is 91.0 Å². The highest BCUT2D eigenvalue weighted by Crippen LogP contribution is 2.46. The van der Waals surface area contributed by atoms with Crippen LogP contribution in [0.2, 0.25) is 0 Å². The van der Waals surface area contributed by atoms with E-state index >= 15 is 0 Å². The average Bonchev–Trinajstić information content (AvgIpc) is 2.81. The van der Waals surface area contributed by atoms with Gasteiger partial charge in [-0.3, -0.25) is 4.79 Å². The summed E-state index contributed by atoms with van der Waals surface area (Å²) >= 11 is 0. The minimum atomic E-state index is -2.81. The van der Waals surface area contributed by atoms with Crippen LogP contribution >= 0.6 is 6.89 Å². The van der Waals surface area contributed by atoms with E-state index in [2.05, 4.69) is 11.4 Å². The number of alkyl carbamates (subject to hydrolysis) is 1. The van der Waals surface area contributed by atoms with Crippen LogP contribution in [0, 0.1) is 11.3 Å². The second kappa shape index (κ2) is 10.3. The van der Waals surface area contributed by atoms with Gasteiger partial charge < -0.3 is 10.1 Å². The van der Waals surface area contributed by atoms with Gasteiger partial charge in [-0.15, -0.1) is 0 Å². The van der Waals surface area contributed by atoms with E-state index in [0.29, 0.717) is 0 Å². The number of amides is 1. The molecule has 0 aliphatic carbocycles.